The first-order chi connectivity index (χ1) is 7.78. The van der Waals surface area contributed by atoms with E-state index in [1.165, 1.54) is 9.75 Å². The van der Waals surface area contributed by atoms with Gasteiger partial charge in [-0.25, -0.2) is 4.79 Å². The topological polar surface area (TPSA) is 50.4 Å². The van der Waals surface area contributed by atoms with Gasteiger partial charge in [0.2, 0.25) is 0 Å². The molecule has 2 heterocycles. The van der Waals surface area contributed by atoms with E-state index in [2.05, 4.69) is 22.8 Å². The first kappa shape index (κ1) is 11.4. The number of hydrogen-bond donors (Lipinski definition) is 2. The number of ether oxygens (including phenoxy) is 1. The summed E-state index contributed by atoms with van der Waals surface area (Å²) in [6.07, 6.45) is 0.688. The molecule has 1 aliphatic heterocycles. The van der Waals surface area contributed by atoms with Crippen molar-refractivity contribution in [3.63, 3.8) is 0 Å². The molecule has 0 radical (unpaired) electrons. The Morgan fingerprint density at radius 3 is 3.06 bits per heavy atom. The molecular formula is C11H16N2O2S. The zero-order valence-corrected chi connectivity index (χ0v) is 10.1. The zero-order chi connectivity index (χ0) is 11.4. The van der Waals surface area contributed by atoms with Crippen LogP contribution in [0.1, 0.15) is 9.75 Å². The van der Waals surface area contributed by atoms with Crippen LogP contribution in [0.4, 0.5) is 4.79 Å². The molecule has 1 atom stereocenters. The van der Waals surface area contributed by atoms with Gasteiger partial charge < -0.3 is 15.4 Å². The molecule has 5 heteroatoms. The van der Waals surface area contributed by atoms with Crippen LogP contribution in [0.25, 0.3) is 0 Å². The highest BCUT2D eigenvalue weighted by atomic mass is 32.1. The molecule has 4 nitrogen and oxygen atoms in total. The van der Waals surface area contributed by atoms with Gasteiger partial charge in [-0.3, -0.25) is 0 Å². The average Bonchev–Trinajstić information content (AvgIpc) is 2.70. The Morgan fingerprint density at radius 2 is 2.38 bits per heavy atom. The number of hydrogen-bond acceptors (Lipinski definition) is 4. The lowest BCUT2D eigenvalue weighted by atomic mass is 10.1. The number of amides is 1. The summed E-state index contributed by atoms with van der Waals surface area (Å²) < 4.78 is 4.96. The number of nitrogens with one attached hydrogen (secondary N) is 2. The van der Waals surface area contributed by atoms with Crippen LogP contribution in [-0.2, 0) is 17.7 Å². The Morgan fingerprint density at radius 1 is 1.56 bits per heavy atom. The predicted molar refractivity (Wildman–Crippen MR) is 63.6 cm³/mol. The van der Waals surface area contributed by atoms with Crippen molar-refractivity contribution in [1.82, 2.24) is 10.6 Å². The van der Waals surface area contributed by atoms with E-state index in [1.54, 1.807) is 0 Å². The van der Waals surface area contributed by atoms with Gasteiger partial charge in [0.25, 0.3) is 0 Å². The lowest BCUT2D eigenvalue weighted by Gasteiger charge is -2.21. The Bertz CT molecular complexity index is 355. The second-order valence-corrected chi connectivity index (χ2v) is 5.20. The van der Waals surface area contributed by atoms with Gasteiger partial charge in [-0.15, -0.1) is 11.3 Å². The van der Waals surface area contributed by atoms with E-state index in [9.17, 15) is 4.79 Å². The highest BCUT2D eigenvalue weighted by Gasteiger charge is 2.19. The number of rotatable bonds is 4. The van der Waals surface area contributed by atoms with Crippen molar-refractivity contribution >= 4 is 17.4 Å². The van der Waals surface area contributed by atoms with Crippen LogP contribution in [0.2, 0.25) is 0 Å². The molecule has 0 aromatic carbocycles. The summed E-state index contributed by atoms with van der Waals surface area (Å²) >= 11 is 1.82. The second-order valence-electron chi connectivity index (χ2n) is 3.95. The standard InChI is InChI=1S/C11H16N2O2S/c1-12-6-10-3-2-9(16-10)4-8-5-13-11(14)15-7-8/h2-3,8,12H,4-7H2,1H3,(H,13,14)/t8-/m0/s1. The van der Waals surface area contributed by atoms with Crippen molar-refractivity contribution in [2.24, 2.45) is 5.92 Å². The fraction of sp³-hybridized carbons (Fsp3) is 0.545. The molecule has 1 aromatic heterocycles. The highest BCUT2D eigenvalue weighted by molar-refractivity contribution is 7.11. The van der Waals surface area contributed by atoms with Crippen molar-refractivity contribution in [2.45, 2.75) is 13.0 Å². The Balaban J connectivity index is 1.86. The normalized spacial score (nSPS) is 20.3. The maximum Gasteiger partial charge on any atom is 0.407 e. The molecule has 0 saturated carbocycles. The van der Waals surface area contributed by atoms with Crippen LogP contribution in [0, 0.1) is 5.92 Å². The molecule has 0 aliphatic carbocycles. The molecule has 0 spiro atoms. The SMILES string of the molecule is CNCc1ccc(C[C@H]2CNC(=O)OC2)s1. The fourth-order valence-corrected chi connectivity index (χ4v) is 2.89. The van der Waals surface area contributed by atoms with Gasteiger partial charge in [0, 0.05) is 28.8 Å². The molecule has 1 aliphatic rings. The van der Waals surface area contributed by atoms with E-state index in [1.807, 2.05) is 18.4 Å². The largest absolute Gasteiger partial charge is 0.449 e. The zero-order valence-electron chi connectivity index (χ0n) is 9.29. The summed E-state index contributed by atoms with van der Waals surface area (Å²) in [5.74, 6) is 0.402. The van der Waals surface area contributed by atoms with Crippen LogP contribution in [0.3, 0.4) is 0 Å². The van der Waals surface area contributed by atoms with E-state index in [0.29, 0.717) is 12.5 Å². The number of carbonyl (C=O) groups excluding carboxylic acids is 1. The van der Waals surface area contributed by atoms with E-state index < -0.39 is 0 Å². The Labute approximate surface area is 99.0 Å². The van der Waals surface area contributed by atoms with Crippen LogP contribution >= 0.6 is 11.3 Å². The van der Waals surface area contributed by atoms with Crippen LogP contribution in [0.15, 0.2) is 12.1 Å². The van der Waals surface area contributed by atoms with Gasteiger partial charge in [-0.05, 0) is 25.6 Å². The number of thiophene rings is 1. The molecule has 2 rings (SSSR count). The lowest BCUT2D eigenvalue weighted by Crippen LogP contribution is -2.39. The second kappa shape index (κ2) is 5.32. The molecule has 2 N–H and O–H groups in total. The summed E-state index contributed by atoms with van der Waals surface area (Å²) in [6.45, 7) is 2.17. The molecule has 1 fully saturated rings. The quantitative estimate of drug-likeness (QED) is 0.835. The molecule has 0 unspecified atom stereocenters. The van der Waals surface area contributed by atoms with Gasteiger partial charge in [0.1, 0.15) is 0 Å². The Hall–Kier alpha value is -1.07. The summed E-state index contributed by atoms with van der Waals surface area (Å²) in [5.41, 5.74) is 0. The molecule has 16 heavy (non-hydrogen) atoms. The van der Waals surface area contributed by atoms with Crippen molar-refractivity contribution in [3.8, 4) is 0 Å². The third-order valence-electron chi connectivity index (χ3n) is 2.54. The molecule has 1 saturated heterocycles. The average molecular weight is 240 g/mol. The summed E-state index contributed by atoms with van der Waals surface area (Å²) in [6, 6.07) is 4.31. The number of alkyl carbamates (subject to hydrolysis) is 1. The molecular weight excluding hydrogens is 224 g/mol. The van der Waals surface area contributed by atoms with Gasteiger partial charge >= 0.3 is 6.09 Å². The first-order valence-corrected chi connectivity index (χ1v) is 6.22. The minimum atomic E-state index is -0.293. The maximum absolute atomic E-state index is 10.8. The molecule has 1 amide bonds. The smallest absolute Gasteiger partial charge is 0.407 e. The minimum absolute atomic E-state index is 0.293. The van der Waals surface area contributed by atoms with Gasteiger partial charge in [-0.1, -0.05) is 0 Å². The van der Waals surface area contributed by atoms with Gasteiger partial charge in [0.15, 0.2) is 0 Å². The van der Waals surface area contributed by atoms with E-state index in [4.69, 9.17) is 4.74 Å². The van der Waals surface area contributed by atoms with E-state index in [0.717, 1.165) is 19.5 Å². The van der Waals surface area contributed by atoms with E-state index >= 15 is 0 Å². The van der Waals surface area contributed by atoms with Crippen molar-refractivity contribution in [3.05, 3.63) is 21.9 Å². The molecule has 0 bridgehead atoms. The highest BCUT2D eigenvalue weighted by Crippen LogP contribution is 2.20. The lowest BCUT2D eigenvalue weighted by molar-refractivity contribution is 0.103. The number of cyclic esters (lactones) is 1. The van der Waals surface area contributed by atoms with Gasteiger partial charge in [0.05, 0.1) is 6.61 Å². The van der Waals surface area contributed by atoms with Gasteiger partial charge in [-0.2, -0.15) is 0 Å². The Kier molecular flexibility index (Phi) is 3.79. The van der Waals surface area contributed by atoms with Crippen LogP contribution in [-0.4, -0.2) is 26.3 Å². The third-order valence-corrected chi connectivity index (χ3v) is 3.65. The van der Waals surface area contributed by atoms with Crippen molar-refractivity contribution < 1.29 is 9.53 Å². The summed E-state index contributed by atoms with van der Waals surface area (Å²) in [7, 11) is 1.95. The monoisotopic (exact) mass is 240 g/mol. The van der Waals surface area contributed by atoms with Crippen LogP contribution < -0.4 is 10.6 Å². The van der Waals surface area contributed by atoms with Crippen molar-refractivity contribution in [1.29, 1.82) is 0 Å². The number of carbonyl (C=O) groups is 1. The summed E-state index contributed by atoms with van der Waals surface area (Å²) in [5, 5.41) is 5.85. The molecule has 88 valence electrons. The fourth-order valence-electron chi connectivity index (χ4n) is 1.75. The predicted octanol–water partition coefficient (Wildman–Crippen LogP) is 1.37. The maximum atomic E-state index is 10.8. The summed E-state index contributed by atoms with van der Waals surface area (Å²) in [4.78, 5) is 13.5. The third kappa shape index (κ3) is 2.96. The minimum Gasteiger partial charge on any atom is -0.449 e. The molecule has 1 aromatic rings. The van der Waals surface area contributed by atoms with E-state index in [-0.39, 0.29) is 6.09 Å². The van der Waals surface area contributed by atoms with Crippen molar-refractivity contribution in [2.75, 3.05) is 20.2 Å². The van der Waals surface area contributed by atoms with Crippen LogP contribution in [0.5, 0.6) is 0 Å². The first-order valence-electron chi connectivity index (χ1n) is 5.40.